The van der Waals surface area contributed by atoms with Crippen molar-refractivity contribution in [2.75, 3.05) is 11.4 Å². The Balaban J connectivity index is 1.49. The van der Waals surface area contributed by atoms with Crippen molar-refractivity contribution in [2.45, 2.75) is 43.9 Å². The van der Waals surface area contributed by atoms with E-state index in [1.54, 1.807) is 0 Å². The molecule has 1 saturated heterocycles. The molecule has 0 spiro atoms. The molecule has 2 aliphatic rings. The lowest BCUT2D eigenvalue weighted by Crippen LogP contribution is -2.43. The zero-order chi connectivity index (χ0) is 21.7. The molecule has 0 bridgehead atoms. The van der Waals surface area contributed by atoms with Crippen molar-refractivity contribution in [3.05, 3.63) is 72.4 Å². The molecule has 162 valence electrons. The van der Waals surface area contributed by atoms with Crippen LogP contribution >= 0.6 is 0 Å². The van der Waals surface area contributed by atoms with Crippen LogP contribution in [0, 0.1) is 0 Å². The van der Waals surface area contributed by atoms with Gasteiger partial charge in [0.15, 0.2) is 0 Å². The van der Waals surface area contributed by atoms with Gasteiger partial charge in [0.25, 0.3) is 0 Å². The molecule has 3 heterocycles. The summed E-state index contributed by atoms with van der Waals surface area (Å²) in [5.41, 5.74) is 12.6. The molecule has 1 aliphatic carbocycles. The molecular weight excluding hydrogens is 398 g/mol. The monoisotopic (exact) mass is 425 g/mol. The van der Waals surface area contributed by atoms with Gasteiger partial charge in [0.05, 0.1) is 22.9 Å². The molecule has 1 atom stereocenters. The third kappa shape index (κ3) is 3.10. The standard InChI is InChI=1S/C26H27N5O/c27-26(13-5-14-26)19-9-11-20(12-10-19)31-22(18-6-2-1-3-7-18)16-21-23(31)17-28-25(29-21)30-15-4-8-24(30)32/h1-3,6-7,9-12,16-17,24,32H,4-5,8,13-15,27H2. The first-order valence-corrected chi connectivity index (χ1v) is 11.4. The summed E-state index contributed by atoms with van der Waals surface area (Å²) in [6.45, 7) is 0.779. The van der Waals surface area contributed by atoms with Crippen LogP contribution in [0.15, 0.2) is 66.9 Å². The van der Waals surface area contributed by atoms with E-state index in [9.17, 15) is 5.11 Å². The van der Waals surface area contributed by atoms with Gasteiger partial charge in [-0.15, -0.1) is 0 Å². The van der Waals surface area contributed by atoms with E-state index in [0.29, 0.717) is 5.95 Å². The highest BCUT2D eigenvalue weighted by molar-refractivity contribution is 5.86. The second-order valence-electron chi connectivity index (χ2n) is 9.04. The Hall–Kier alpha value is -3.22. The van der Waals surface area contributed by atoms with Gasteiger partial charge in [-0.1, -0.05) is 42.5 Å². The van der Waals surface area contributed by atoms with Gasteiger partial charge in [0.1, 0.15) is 6.23 Å². The Labute approximate surface area is 187 Å². The Bertz CT molecular complexity index is 1260. The molecule has 2 aromatic carbocycles. The molecule has 0 radical (unpaired) electrons. The second-order valence-corrected chi connectivity index (χ2v) is 9.04. The lowest BCUT2D eigenvalue weighted by atomic mass is 9.73. The number of aliphatic hydroxyl groups is 1. The molecule has 6 nitrogen and oxygen atoms in total. The number of nitrogens with two attached hydrogens (primary N) is 1. The normalized spacial score (nSPS) is 19.9. The average molecular weight is 426 g/mol. The Kier molecular flexibility index (Phi) is 4.52. The van der Waals surface area contributed by atoms with E-state index in [-0.39, 0.29) is 5.54 Å². The number of nitrogens with zero attached hydrogens (tertiary/aromatic N) is 4. The number of benzene rings is 2. The summed E-state index contributed by atoms with van der Waals surface area (Å²) >= 11 is 0. The fraction of sp³-hybridized carbons (Fsp3) is 0.308. The molecule has 2 aromatic heterocycles. The molecule has 6 heteroatoms. The first kappa shape index (κ1) is 19.5. The summed E-state index contributed by atoms with van der Waals surface area (Å²) in [7, 11) is 0. The summed E-state index contributed by atoms with van der Waals surface area (Å²) in [6.07, 6.45) is 6.37. The Morgan fingerprint density at radius 2 is 1.78 bits per heavy atom. The van der Waals surface area contributed by atoms with Crippen LogP contribution in [0.25, 0.3) is 28.0 Å². The van der Waals surface area contributed by atoms with Crippen molar-refractivity contribution in [3.63, 3.8) is 0 Å². The van der Waals surface area contributed by atoms with E-state index in [1.807, 2.05) is 29.3 Å². The topological polar surface area (TPSA) is 80.2 Å². The van der Waals surface area contributed by atoms with E-state index >= 15 is 0 Å². The smallest absolute Gasteiger partial charge is 0.228 e. The van der Waals surface area contributed by atoms with Gasteiger partial charge in [0.2, 0.25) is 5.95 Å². The van der Waals surface area contributed by atoms with Crippen LogP contribution in [-0.4, -0.2) is 32.4 Å². The average Bonchev–Trinajstić information content (AvgIpc) is 3.41. The summed E-state index contributed by atoms with van der Waals surface area (Å²) in [5, 5.41) is 10.3. The van der Waals surface area contributed by atoms with Gasteiger partial charge in [-0.25, -0.2) is 9.97 Å². The van der Waals surface area contributed by atoms with Crippen LogP contribution in [0.5, 0.6) is 0 Å². The first-order chi connectivity index (χ1) is 15.6. The number of rotatable bonds is 4. The van der Waals surface area contributed by atoms with Crippen molar-refractivity contribution >= 4 is 17.0 Å². The van der Waals surface area contributed by atoms with E-state index < -0.39 is 6.23 Å². The van der Waals surface area contributed by atoms with Crippen LogP contribution in [0.2, 0.25) is 0 Å². The molecule has 1 saturated carbocycles. The minimum Gasteiger partial charge on any atom is -0.374 e. The van der Waals surface area contributed by atoms with Crippen LogP contribution in [0.3, 0.4) is 0 Å². The third-order valence-electron chi connectivity index (χ3n) is 7.03. The Morgan fingerprint density at radius 1 is 1.00 bits per heavy atom. The summed E-state index contributed by atoms with van der Waals surface area (Å²) in [6, 6.07) is 21.1. The maximum absolute atomic E-state index is 10.3. The predicted octanol–water partition coefficient (Wildman–Crippen LogP) is 4.34. The molecule has 1 unspecified atom stereocenters. The van der Waals surface area contributed by atoms with Gasteiger partial charge in [0, 0.05) is 17.8 Å². The molecule has 6 rings (SSSR count). The minimum atomic E-state index is -0.509. The van der Waals surface area contributed by atoms with E-state index in [1.165, 1.54) is 12.0 Å². The maximum atomic E-state index is 10.3. The zero-order valence-electron chi connectivity index (χ0n) is 18.0. The second kappa shape index (κ2) is 7.43. The summed E-state index contributed by atoms with van der Waals surface area (Å²) in [5.74, 6) is 0.588. The SMILES string of the molecule is NC1(c2ccc(-n3c(-c4ccccc4)cc4nc(N5CCCC5O)ncc43)cc2)CCC1. The van der Waals surface area contributed by atoms with E-state index in [0.717, 1.165) is 60.2 Å². The van der Waals surface area contributed by atoms with Gasteiger partial charge < -0.3 is 20.3 Å². The first-order valence-electron chi connectivity index (χ1n) is 11.4. The highest BCUT2D eigenvalue weighted by atomic mass is 16.3. The maximum Gasteiger partial charge on any atom is 0.228 e. The van der Waals surface area contributed by atoms with Gasteiger partial charge in [-0.3, -0.25) is 0 Å². The summed E-state index contributed by atoms with van der Waals surface area (Å²) < 4.78 is 2.21. The van der Waals surface area contributed by atoms with Crippen molar-refractivity contribution in [3.8, 4) is 16.9 Å². The van der Waals surface area contributed by atoms with Crippen molar-refractivity contribution < 1.29 is 5.11 Å². The molecule has 1 aliphatic heterocycles. The third-order valence-corrected chi connectivity index (χ3v) is 7.03. The molecule has 32 heavy (non-hydrogen) atoms. The van der Waals surface area contributed by atoms with Gasteiger partial charge in [-0.05, 0) is 61.4 Å². The highest BCUT2D eigenvalue weighted by Crippen LogP contribution is 2.39. The fourth-order valence-corrected chi connectivity index (χ4v) is 4.99. The van der Waals surface area contributed by atoms with Crippen LogP contribution in [-0.2, 0) is 5.54 Å². The Morgan fingerprint density at radius 3 is 2.44 bits per heavy atom. The molecule has 3 N–H and O–H groups in total. The van der Waals surface area contributed by atoms with Gasteiger partial charge >= 0.3 is 0 Å². The number of fused-ring (bicyclic) bond motifs is 1. The van der Waals surface area contributed by atoms with Crippen molar-refractivity contribution in [1.82, 2.24) is 14.5 Å². The molecule has 4 aromatic rings. The van der Waals surface area contributed by atoms with E-state index in [2.05, 4.69) is 52.0 Å². The predicted molar refractivity (Wildman–Crippen MR) is 127 cm³/mol. The quantitative estimate of drug-likeness (QED) is 0.508. The molecule has 2 fully saturated rings. The van der Waals surface area contributed by atoms with Crippen LogP contribution in [0.1, 0.15) is 37.7 Å². The van der Waals surface area contributed by atoms with Gasteiger partial charge in [-0.2, -0.15) is 0 Å². The number of anilines is 1. The lowest BCUT2D eigenvalue weighted by Gasteiger charge is -2.38. The lowest BCUT2D eigenvalue weighted by molar-refractivity contribution is 0.184. The van der Waals surface area contributed by atoms with Crippen molar-refractivity contribution in [2.24, 2.45) is 5.73 Å². The van der Waals surface area contributed by atoms with E-state index in [4.69, 9.17) is 10.7 Å². The molecule has 0 amide bonds. The number of hydrogen-bond acceptors (Lipinski definition) is 5. The summed E-state index contributed by atoms with van der Waals surface area (Å²) in [4.78, 5) is 11.3. The minimum absolute atomic E-state index is 0.172. The van der Waals surface area contributed by atoms with Crippen LogP contribution in [0.4, 0.5) is 5.95 Å². The fourth-order valence-electron chi connectivity index (χ4n) is 4.99. The highest BCUT2D eigenvalue weighted by Gasteiger charge is 2.34. The molecular formula is C26H27N5O. The number of aliphatic hydroxyl groups excluding tert-OH is 1. The largest absolute Gasteiger partial charge is 0.374 e. The number of hydrogen-bond donors (Lipinski definition) is 2. The van der Waals surface area contributed by atoms with Crippen molar-refractivity contribution in [1.29, 1.82) is 0 Å². The zero-order valence-corrected chi connectivity index (χ0v) is 18.0. The number of aromatic nitrogens is 3. The van der Waals surface area contributed by atoms with Crippen LogP contribution < -0.4 is 10.6 Å².